The number of benzene rings is 2. The van der Waals surface area contributed by atoms with E-state index in [1.54, 1.807) is 36.7 Å². The van der Waals surface area contributed by atoms with Gasteiger partial charge in [-0.3, -0.25) is 14.6 Å². The Morgan fingerprint density at radius 3 is 2.37 bits per heavy atom. The summed E-state index contributed by atoms with van der Waals surface area (Å²) in [5.41, 5.74) is 1.38. The molecular formula is C23H17FN2O4. The molecule has 0 bridgehead atoms. The predicted molar refractivity (Wildman–Crippen MR) is 107 cm³/mol. The number of amides is 1. The molecule has 1 amide bonds. The van der Waals surface area contributed by atoms with Gasteiger partial charge in [0.15, 0.2) is 0 Å². The van der Waals surface area contributed by atoms with Crippen molar-refractivity contribution in [3.05, 3.63) is 101 Å². The van der Waals surface area contributed by atoms with Crippen LogP contribution in [-0.4, -0.2) is 31.8 Å². The molecule has 6 nitrogen and oxygen atoms in total. The fraction of sp³-hybridized carbons (Fsp3) is 0.0870. The molecule has 4 rings (SSSR count). The first kappa shape index (κ1) is 19.3. The SMILES string of the molecule is O=C1C(=O)N(Cc2cccnc2)C(c2ccc(O)cc2)/C1=C(/O)c1ccc(F)cc1. The van der Waals surface area contributed by atoms with E-state index in [0.717, 1.165) is 12.1 Å². The summed E-state index contributed by atoms with van der Waals surface area (Å²) in [5, 5.41) is 20.5. The topological polar surface area (TPSA) is 90.7 Å². The first-order valence-electron chi connectivity index (χ1n) is 9.18. The van der Waals surface area contributed by atoms with Crippen molar-refractivity contribution in [3.8, 4) is 5.75 Å². The summed E-state index contributed by atoms with van der Waals surface area (Å²) in [6.45, 7) is 0.101. The minimum Gasteiger partial charge on any atom is -0.508 e. The van der Waals surface area contributed by atoms with Gasteiger partial charge in [0.25, 0.3) is 11.7 Å². The van der Waals surface area contributed by atoms with Crippen LogP contribution in [0.4, 0.5) is 4.39 Å². The van der Waals surface area contributed by atoms with Gasteiger partial charge < -0.3 is 15.1 Å². The van der Waals surface area contributed by atoms with Crippen molar-refractivity contribution in [1.29, 1.82) is 0 Å². The smallest absolute Gasteiger partial charge is 0.295 e. The summed E-state index contributed by atoms with van der Waals surface area (Å²) in [7, 11) is 0. The molecule has 3 aromatic rings. The Morgan fingerprint density at radius 2 is 1.73 bits per heavy atom. The number of Topliss-reactive ketones (excluding diaryl/α,β-unsaturated/α-hetero) is 1. The lowest BCUT2D eigenvalue weighted by atomic mass is 9.95. The van der Waals surface area contributed by atoms with Gasteiger partial charge in [0.1, 0.15) is 17.3 Å². The van der Waals surface area contributed by atoms with Crippen LogP contribution >= 0.6 is 0 Å². The van der Waals surface area contributed by atoms with E-state index in [4.69, 9.17) is 0 Å². The molecule has 1 unspecified atom stereocenters. The fourth-order valence-corrected chi connectivity index (χ4v) is 3.50. The monoisotopic (exact) mass is 404 g/mol. The second-order valence-corrected chi connectivity index (χ2v) is 6.89. The van der Waals surface area contributed by atoms with Crippen molar-refractivity contribution < 1.29 is 24.2 Å². The molecule has 2 heterocycles. The van der Waals surface area contributed by atoms with Crippen LogP contribution < -0.4 is 0 Å². The number of pyridine rings is 1. The molecule has 150 valence electrons. The highest BCUT2D eigenvalue weighted by molar-refractivity contribution is 6.46. The molecule has 1 fully saturated rings. The van der Waals surface area contributed by atoms with E-state index in [1.807, 2.05) is 0 Å². The Balaban J connectivity index is 1.85. The number of likely N-dealkylation sites (tertiary alicyclic amines) is 1. The molecule has 1 atom stereocenters. The summed E-state index contributed by atoms with van der Waals surface area (Å²) < 4.78 is 13.3. The van der Waals surface area contributed by atoms with Gasteiger partial charge in [0, 0.05) is 24.5 Å². The van der Waals surface area contributed by atoms with Crippen LogP contribution in [0, 0.1) is 5.82 Å². The number of aliphatic hydroxyl groups is 1. The number of hydrogen-bond acceptors (Lipinski definition) is 5. The van der Waals surface area contributed by atoms with Crippen molar-refractivity contribution >= 4 is 17.4 Å². The molecule has 0 saturated carbocycles. The molecule has 1 saturated heterocycles. The lowest BCUT2D eigenvalue weighted by Crippen LogP contribution is -2.29. The quantitative estimate of drug-likeness (QED) is 0.394. The number of carbonyl (C=O) groups excluding carboxylic acids is 2. The molecule has 1 aliphatic rings. The van der Waals surface area contributed by atoms with Crippen molar-refractivity contribution in [2.75, 3.05) is 0 Å². The highest BCUT2D eigenvalue weighted by Crippen LogP contribution is 2.40. The zero-order valence-corrected chi connectivity index (χ0v) is 15.7. The third kappa shape index (κ3) is 3.53. The third-order valence-electron chi connectivity index (χ3n) is 4.94. The van der Waals surface area contributed by atoms with E-state index in [1.165, 1.54) is 29.2 Å². The zero-order valence-electron chi connectivity index (χ0n) is 15.7. The average molecular weight is 404 g/mol. The molecule has 0 aliphatic carbocycles. The van der Waals surface area contributed by atoms with Crippen molar-refractivity contribution in [3.63, 3.8) is 0 Å². The van der Waals surface area contributed by atoms with Gasteiger partial charge in [-0.15, -0.1) is 0 Å². The van der Waals surface area contributed by atoms with Crippen LogP contribution in [0.3, 0.4) is 0 Å². The van der Waals surface area contributed by atoms with Gasteiger partial charge in [-0.2, -0.15) is 0 Å². The Kier molecular flexibility index (Phi) is 5.02. The van der Waals surface area contributed by atoms with Gasteiger partial charge >= 0.3 is 0 Å². The Labute approximate surface area is 171 Å². The minimum atomic E-state index is -0.879. The van der Waals surface area contributed by atoms with Crippen molar-refractivity contribution in [2.45, 2.75) is 12.6 Å². The van der Waals surface area contributed by atoms with Crippen LogP contribution in [0.1, 0.15) is 22.7 Å². The molecule has 2 N–H and O–H groups in total. The standard InChI is InChI=1S/C23H17FN2O4/c24-17-7-3-16(4-8-17)21(28)19-20(15-5-9-18(27)10-6-15)26(23(30)22(19)29)13-14-2-1-11-25-12-14/h1-12,20,27-28H,13H2/b21-19-. The van der Waals surface area contributed by atoms with Gasteiger partial charge in [-0.1, -0.05) is 18.2 Å². The molecule has 0 radical (unpaired) electrons. The molecule has 0 spiro atoms. The minimum absolute atomic E-state index is 0.0292. The number of phenols is 1. The largest absolute Gasteiger partial charge is 0.508 e. The number of hydrogen-bond donors (Lipinski definition) is 2. The van der Waals surface area contributed by atoms with E-state index in [-0.39, 0.29) is 29.2 Å². The molecule has 30 heavy (non-hydrogen) atoms. The van der Waals surface area contributed by atoms with Crippen LogP contribution in [0.15, 0.2) is 78.6 Å². The van der Waals surface area contributed by atoms with Crippen molar-refractivity contribution in [1.82, 2.24) is 9.88 Å². The summed E-state index contributed by atoms with van der Waals surface area (Å²) in [5.74, 6) is -2.44. The summed E-state index contributed by atoms with van der Waals surface area (Å²) in [4.78, 5) is 31.1. The molecule has 1 aromatic heterocycles. The second-order valence-electron chi connectivity index (χ2n) is 6.89. The van der Waals surface area contributed by atoms with E-state index in [9.17, 15) is 24.2 Å². The summed E-state index contributed by atoms with van der Waals surface area (Å²) >= 11 is 0. The van der Waals surface area contributed by atoms with Crippen LogP contribution in [0.25, 0.3) is 5.76 Å². The maximum atomic E-state index is 13.3. The normalized spacial score (nSPS) is 18.0. The maximum absolute atomic E-state index is 13.3. The Morgan fingerprint density at radius 1 is 1.03 bits per heavy atom. The summed E-state index contributed by atoms with van der Waals surface area (Å²) in [6.07, 6.45) is 3.19. The lowest BCUT2D eigenvalue weighted by molar-refractivity contribution is -0.140. The number of aromatic nitrogens is 1. The molecular weight excluding hydrogens is 387 g/mol. The third-order valence-corrected chi connectivity index (χ3v) is 4.94. The average Bonchev–Trinajstić information content (AvgIpc) is 3.00. The Bertz CT molecular complexity index is 1130. The van der Waals surface area contributed by atoms with Gasteiger partial charge in [-0.25, -0.2) is 4.39 Å². The van der Waals surface area contributed by atoms with E-state index in [2.05, 4.69) is 4.98 Å². The van der Waals surface area contributed by atoms with E-state index in [0.29, 0.717) is 11.1 Å². The number of ketones is 1. The predicted octanol–water partition coefficient (Wildman–Crippen LogP) is 3.55. The zero-order chi connectivity index (χ0) is 21.3. The Hall–Kier alpha value is -4.00. The number of aliphatic hydroxyl groups excluding tert-OH is 1. The van der Waals surface area contributed by atoms with Crippen LogP contribution in [-0.2, 0) is 16.1 Å². The van der Waals surface area contributed by atoms with E-state index >= 15 is 0 Å². The molecule has 1 aliphatic heterocycles. The maximum Gasteiger partial charge on any atom is 0.295 e. The van der Waals surface area contributed by atoms with Gasteiger partial charge in [-0.05, 0) is 53.6 Å². The lowest BCUT2D eigenvalue weighted by Gasteiger charge is -2.25. The summed E-state index contributed by atoms with van der Waals surface area (Å²) in [6, 6.07) is 13.7. The van der Waals surface area contributed by atoms with E-state index < -0.39 is 23.5 Å². The first-order chi connectivity index (χ1) is 14.5. The number of rotatable bonds is 4. The second kappa shape index (κ2) is 7.79. The van der Waals surface area contributed by atoms with Gasteiger partial charge in [0.2, 0.25) is 0 Å². The molecule has 7 heteroatoms. The number of carbonyl (C=O) groups is 2. The number of halogens is 1. The van der Waals surface area contributed by atoms with Gasteiger partial charge in [0.05, 0.1) is 11.6 Å². The van der Waals surface area contributed by atoms with Crippen molar-refractivity contribution in [2.24, 2.45) is 0 Å². The number of phenolic OH excluding ortho intramolecular Hbond substituents is 1. The highest BCUT2D eigenvalue weighted by Gasteiger charge is 2.46. The fourth-order valence-electron chi connectivity index (χ4n) is 3.50. The molecule has 2 aromatic carbocycles. The van der Waals surface area contributed by atoms with Crippen LogP contribution in [0.5, 0.6) is 5.75 Å². The number of aromatic hydroxyl groups is 1. The number of nitrogens with zero attached hydrogens (tertiary/aromatic N) is 2. The highest BCUT2D eigenvalue weighted by atomic mass is 19.1. The van der Waals surface area contributed by atoms with Crippen LogP contribution in [0.2, 0.25) is 0 Å². The first-order valence-corrected chi connectivity index (χ1v) is 9.18.